The van der Waals surface area contributed by atoms with Crippen LogP contribution >= 0.6 is 15.9 Å². The summed E-state index contributed by atoms with van der Waals surface area (Å²) < 4.78 is 18.2. The highest BCUT2D eigenvalue weighted by atomic mass is 79.9. The maximum absolute atomic E-state index is 6.17. The maximum Gasteiger partial charge on any atom is 0.224 e. The molecule has 0 saturated heterocycles. The van der Waals surface area contributed by atoms with Crippen molar-refractivity contribution in [2.24, 2.45) is 0 Å². The molecule has 0 aliphatic rings. The van der Waals surface area contributed by atoms with E-state index < -0.39 is 0 Å². The molecule has 0 radical (unpaired) electrons. The number of nitrogen functional groups attached to an aromatic ring is 1. The minimum Gasteiger partial charge on any atom is -0.481 e. The molecule has 0 aliphatic carbocycles. The van der Waals surface area contributed by atoms with E-state index in [4.69, 9.17) is 19.6 Å². The summed E-state index contributed by atoms with van der Waals surface area (Å²) in [4.78, 5) is 8.81. The Morgan fingerprint density at radius 2 is 1.92 bits per heavy atom. The molecule has 0 aromatic carbocycles. The van der Waals surface area contributed by atoms with Crippen molar-refractivity contribution in [3.8, 4) is 34.5 Å². The van der Waals surface area contributed by atoms with Crippen LogP contribution in [-0.4, -0.2) is 33.8 Å². The van der Waals surface area contributed by atoms with E-state index >= 15 is 0 Å². The number of anilines is 1. The van der Waals surface area contributed by atoms with Crippen LogP contribution in [0.4, 0.5) is 5.82 Å². The third-order valence-electron chi connectivity index (χ3n) is 3.81. The number of ether oxygens (including phenoxy) is 2. The number of hydrogen-bond acceptors (Lipinski definition) is 7. The second-order valence-corrected chi connectivity index (χ2v) is 6.17. The number of rotatable bonds is 4. The SMILES string of the molecule is COc1ccc(-c2cc(N)n3nc(-c4ccc(Br)o4)nc3c2)c(OC)n1. The smallest absolute Gasteiger partial charge is 0.224 e. The zero-order valence-corrected chi connectivity index (χ0v) is 15.5. The van der Waals surface area contributed by atoms with E-state index in [0.29, 0.717) is 39.5 Å². The minimum absolute atomic E-state index is 0.430. The largest absolute Gasteiger partial charge is 0.481 e. The number of pyridine rings is 2. The lowest BCUT2D eigenvalue weighted by Crippen LogP contribution is -2.00. The summed E-state index contributed by atoms with van der Waals surface area (Å²) in [6.45, 7) is 0. The van der Waals surface area contributed by atoms with E-state index in [9.17, 15) is 0 Å². The molecule has 4 rings (SSSR count). The minimum atomic E-state index is 0.430. The molecule has 0 spiro atoms. The zero-order chi connectivity index (χ0) is 18.3. The van der Waals surface area contributed by atoms with E-state index in [1.165, 1.54) is 0 Å². The average Bonchev–Trinajstić information content (AvgIpc) is 3.27. The standard InChI is InChI=1S/C17H14BrN5O3/c1-24-15-6-3-10(17(21-15)25-2)9-7-13(19)23-14(8-9)20-16(22-23)11-4-5-12(18)26-11/h3-8H,19H2,1-2H3. The number of nitrogens with two attached hydrogens (primary N) is 1. The van der Waals surface area contributed by atoms with Gasteiger partial charge in [0.25, 0.3) is 0 Å². The van der Waals surface area contributed by atoms with Gasteiger partial charge >= 0.3 is 0 Å². The molecular formula is C17H14BrN5O3. The van der Waals surface area contributed by atoms with E-state index in [2.05, 4.69) is 31.0 Å². The summed E-state index contributed by atoms with van der Waals surface area (Å²) in [7, 11) is 3.10. The van der Waals surface area contributed by atoms with Crippen molar-refractivity contribution in [2.75, 3.05) is 20.0 Å². The van der Waals surface area contributed by atoms with Crippen molar-refractivity contribution < 1.29 is 13.9 Å². The number of nitrogens with zero attached hydrogens (tertiary/aromatic N) is 4. The van der Waals surface area contributed by atoms with Crippen molar-refractivity contribution in [1.82, 2.24) is 19.6 Å². The summed E-state index contributed by atoms with van der Waals surface area (Å²) in [5.74, 6) is 2.32. The Balaban J connectivity index is 1.85. The van der Waals surface area contributed by atoms with Crippen molar-refractivity contribution >= 4 is 27.4 Å². The number of fused-ring (bicyclic) bond motifs is 1. The molecule has 0 aliphatic heterocycles. The molecule has 0 amide bonds. The van der Waals surface area contributed by atoms with Crippen molar-refractivity contribution in [1.29, 1.82) is 0 Å². The first-order chi connectivity index (χ1) is 12.6. The number of aromatic nitrogens is 4. The van der Waals surface area contributed by atoms with Gasteiger partial charge in [0.1, 0.15) is 5.82 Å². The first-order valence-corrected chi connectivity index (χ1v) is 8.39. The first kappa shape index (κ1) is 16.4. The molecule has 26 heavy (non-hydrogen) atoms. The van der Waals surface area contributed by atoms with Gasteiger partial charge in [-0.3, -0.25) is 0 Å². The van der Waals surface area contributed by atoms with Gasteiger partial charge in [0.05, 0.1) is 14.2 Å². The van der Waals surface area contributed by atoms with Gasteiger partial charge in [0.2, 0.25) is 17.6 Å². The van der Waals surface area contributed by atoms with Gasteiger partial charge < -0.3 is 19.6 Å². The molecule has 4 heterocycles. The van der Waals surface area contributed by atoms with Crippen LogP contribution in [0, 0.1) is 0 Å². The monoisotopic (exact) mass is 415 g/mol. The highest BCUT2D eigenvalue weighted by Gasteiger charge is 2.15. The molecule has 9 heteroatoms. The molecule has 4 aromatic heterocycles. The third-order valence-corrected chi connectivity index (χ3v) is 4.23. The van der Waals surface area contributed by atoms with Gasteiger partial charge in [-0.15, -0.1) is 5.10 Å². The highest BCUT2D eigenvalue weighted by Crippen LogP contribution is 2.32. The quantitative estimate of drug-likeness (QED) is 0.544. The molecule has 2 N–H and O–H groups in total. The lowest BCUT2D eigenvalue weighted by molar-refractivity contribution is 0.366. The Kier molecular flexibility index (Phi) is 4.00. The Morgan fingerprint density at radius 3 is 2.62 bits per heavy atom. The van der Waals surface area contributed by atoms with E-state index in [1.54, 1.807) is 43.0 Å². The highest BCUT2D eigenvalue weighted by molar-refractivity contribution is 9.10. The van der Waals surface area contributed by atoms with Crippen LogP contribution in [0.2, 0.25) is 0 Å². The number of furan rings is 1. The van der Waals surface area contributed by atoms with Crippen LogP contribution < -0.4 is 15.2 Å². The summed E-state index contributed by atoms with van der Waals surface area (Å²) in [5.41, 5.74) is 8.34. The van der Waals surface area contributed by atoms with Crippen LogP contribution in [0.5, 0.6) is 11.8 Å². The van der Waals surface area contributed by atoms with E-state index in [-0.39, 0.29) is 0 Å². The van der Waals surface area contributed by atoms with Gasteiger partial charge in [-0.05, 0) is 51.8 Å². The van der Waals surface area contributed by atoms with Crippen LogP contribution in [0.1, 0.15) is 0 Å². The second-order valence-electron chi connectivity index (χ2n) is 5.39. The average molecular weight is 416 g/mol. The van der Waals surface area contributed by atoms with Crippen LogP contribution in [0.15, 0.2) is 45.5 Å². The molecule has 132 valence electrons. The summed E-state index contributed by atoms with van der Waals surface area (Å²) >= 11 is 3.27. The fraction of sp³-hybridized carbons (Fsp3) is 0.118. The van der Waals surface area contributed by atoms with Crippen LogP contribution in [-0.2, 0) is 0 Å². The maximum atomic E-state index is 6.17. The fourth-order valence-electron chi connectivity index (χ4n) is 2.62. The molecular weight excluding hydrogens is 402 g/mol. The molecule has 0 atom stereocenters. The van der Waals surface area contributed by atoms with E-state index in [0.717, 1.165) is 11.1 Å². The number of halogens is 1. The third kappa shape index (κ3) is 2.76. The molecule has 4 aromatic rings. The van der Waals surface area contributed by atoms with Gasteiger partial charge in [0, 0.05) is 11.6 Å². The van der Waals surface area contributed by atoms with Gasteiger partial charge in [-0.1, -0.05) is 0 Å². The first-order valence-electron chi connectivity index (χ1n) is 7.60. The summed E-state index contributed by atoms with van der Waals surface area (Å²) in [6.07, 6.45) is 0. The Hall–Kier alpha value is -3.07. The second kappa shape index (κ2) is 6.34. The molecule has 0 saturated carbocycles. The van der Waals surface area contributed by atoms with Crippen LogP contribution in [0.3, 0.4) is 0 Å². The topological polar surface area (TPSA) is 101 Å². The predicted octanol–water partition coefficient (Wildman–Crippen LogP) is 3.41. The van der Waals surface area contributed by atoms with Gasteiger partial charge in [-0.25, -0.2) is 4.98 Å². The Bertz CT molecular complexity index is 1110. The molecule has 0 bridgehead atoms. The van der Waals surface area contributed by atoms with Crippen molar-refractivity contribution in [3.63, 3.8) is 0 Å². The summed E-state index contributed by atoms with van der Waals surface area (Å²) in [5, 5.41) is 4.40. The number of methoxy groups -OCH3 is 2. The molecule has 8 nitrogen and oxygen atoms in total. The van der Waals surface area contributed by atoms with Gasteiger partial charge in [-0.2, -0.15) is 9.50 Å². The Labute approximate surface area is 156 Å². The van der Waals surface area contributed by atoms with Crippen LogP contribution in [0.25, 0.3) is 28.4 Å². The van der Waals surface area contributed by atoms with Crippen molar-refractivity contribution in [2.45, 2.75) is 0 Å². The molecule has 0 unspecified atom stereocenters. The molecule has 0 fully saturated rings. The van der Waals surface area contributed by atoms with Crippen molar-refractivity contribution in [3.05, 3.63) is 41.1 Å². The lowest BCUT2D eigenvalue weighted by Gasteiger charge is -2.10. The fourth-order valence-corrected chi connectivity index (χ4v) is 2.92. The summed E-state index contributed by atoms with van der Waals surface area (Å²) in [6, 6.07) is 10.8. The van der Waals surface area contributed by atoms with Gasteiger partial charge in [0.15, 0.2) is 16.1 Å². The zero-order valence-electron chi connectivity index (χ0n) is 13.9. The Morgan fingerprint density at radius 1 is 1.08 bits per heavy atom. The lowest BCUT2D eigenvalue weighted by atomic mass is 10.1. The normalized spacial score (nSPS) is 11.0. The predicted molar refractivity (Wildman–Crippen MR) is 99.1 cm³/mol. The van der Waals surface area contributed by atoms with E-state index in [1.807, 2.05) is 12.1 Å². The number of hydrogen-bond donors (Lipinski definition) is 1.